The van der Waals surface area contributed by atoms with E-state index in [2.05, 4.69) is 43.6 Å². The Kier molecular flexibility index (Phi) is 5.02. The zero-order valence-electron chi connectivity index (χ0n) is 11.4. The first-order valence-corrected chi connectivity index (χ1v) is 6.78. The summed E-state index contributed by atoms with van der Waals surface area (Å²) in [5, 5.41) is 0. The molecule has 1 unspecified atom stereocenters. The van der Waals surface area contributed by atoms with Crippen molar-refractivity contribution in [3.8, 4) is 5.75 Å². The molecule has 0 heterocycles. The second kappa shape index (κ2) is 5.87. The molecule has 0 aliphatic rings. The molecule has 0 aliphatic heterocycles. The molecule has 0 bridgehead atoms. The fourth-order valence-corrected chi connectivity index (χ4v) is 3.16. The van der Waals surface area contributed by atoms with Crippen molar-refractivity contribution in [3.63, 3.8) is 0 Å². The Morgan fingerprint density at radius 1 is 1.18 bits per heavy atom. The van der Waals surface area contributed by atoms with Crippen LogP contribution in [0.1, 0.15) is 41.5 Å². The van der Waals surface area contributed by atoms with Crippen LogP contribution in [0.4, 0.5) is 0 Å². The third kappa shape index (κ3) is 2.66. The van der Waals surface area contributed by atoms with Crippen LogP contribution in [0, 0.1) is 20.8 Å². The molecule has 0 amide bonds. The van der Waals surface area contributed by atoms with Gasteiger partial charge in [-0.05, 0) is 77.8 Å². The molecule has 0 fully saturated rings. The Morgan fingerprint density at radius 3 is 2.24 bits per heavy atom. The van der Waals surface area contributed by atoms with Gasteiger partial charge in [0.1, 0.15) is 5.75 Å². The van der Waals surface area contributed by atoms with E-state index in [0.29, 0.717) is 5.92 Å². The first-order chi connectivity index (χ1) is 7.95. The average molecular weight is 300 g/mol. The molecular formula is C14H22BrNO. The Labute approximate surface area is 113 Å². The van der Waals surface area contributed by atoms with Crippen LogP contribution in [0.2, 0.25) is 0 Å². The lowest BCUT2D eigenvalue weighted by Crippen LogP contribution is -2.09. The summed E-state index contributed by atoms with van der Waals surface area (Å²) in [7, 11) is 1.72. The summed E-state index contributed by atoms with van der Waals surface area (Å²) in [5.74, 6) is 1.43. The minimum Gasteiger partial charge on any atom is -0.495 e. The van der Waals surface area contributed by atoms with E-state index in [1.807, 2.05) is 0 Å². The SMILES string of the molecule is COc1c(C)c(C)c(C(C)CCN)c(C)c1Br. The summed E-state index contributed by atoms with van der Waals surface area (Å²) in [4.78, 5) is 0. The van der Waals surface area contributed by atoms with Gasteiger partial charge in [0, 0.05) is 0 Å². The van der Waals surface area contributed by atoms with E-state index in [9.17, 15) is 0 Å². The highest BCUT2D eigenvalue weighted by Gasteiger charge is 2.19. The summed E-state index contributed by atoms with van der Waals surface area (Å²) < 4.78 is 6.53. The predicted molar refractivity (Wildman–Crippen MR) is 77.0 cm³/mol. The maximum atomic E-state index is 5.66. The van der Waals surface area contributed by atoms with Gasteiger partial charge in [0.2, 0.25) is 0 Å². The van der Waals surface area contributed by atoms with E-state index in [1.54, 1.807) is 7.11 Å². The predicted octanol–water partition coefficient (Wildman–Crippen LogP) is 3.84. The highest BCUT2D eigenvalue weighted by molar-refractivity contribution is 9.10. The molecular weight excluding hydrogens is 278 g/mol. The molecule has 17 heavy (non-hydrogen) atoms. The maximum Gasteiger partial charge on any atom is 0.136 e. The summed E-state index contributed by atoms with van der Waals surface area (Å²) in [5.41, 5.74) is 10.9. The van der Waals surface area contributed by atoms with Gasteiger partial charge in [-0.25, -0.2) is 0 Å². The molecule has 2 N–H and O–H groups in total. The van der Waals surface area contributed by atoms with Crippen LogP contribution in [0.25, 0.3) is 0 Å². The van der Waals surface area contributed by atoms with Crippen molar-refractivity contribution in [1.82, 2.24) is 0 Å². The summed E-state index contributed by atoms with van der Waals surface area (Å²) in [6.45, 7) is 9.38. The van der Waals surface area contributed by atoms with Crippen LogP contribution in [-0.4, -0.2) is 13.7 Å². The quantitative estimate of drug-likeness (QED) is 0.917. The minimum absolute atomic E-state index is 0.487. The average Bonchev–Trinajstić information content (AvgIpc) is 2.28. The van der Waals surface area contributed by atoms with Crippen molar-refractivity contribution in [3.05, 3.63) is 26.7 Å². The first kappa shape index (κ1) is 14.5. The first-order valence-electron chi connectivity index (χ1n) is 5.98. The smallest absolute Gasteiger partial charge is 0.136 e. The van der Waals surface area contributed by atoms with E-state index in [-0.39, 0.29) is 0 Å². The lowest BCUT2D eigenvalue weighted by Gasteiger charge is -2.22. The van der Waals surface area contributed by atoms with E-state index >= 15 is 0 Å². The number of ether oxygens (including phenoxy) is 1. The molecule has 0 spiro atoms. The van der Waals surface area contributed by atoms with Crippen LogP contribution in [0.5, 0.6) is 5.75 Å². The number of hydrogen-bond acceptors (Lipinski definition) is 2. The van der Waals surface area contributed by atoms with Crippen molar-refractivity contribution >= 4 is 15.9 Å². The maximum absolute atomic E-state index is 5.66. The van der Waals surface area contributed by atoms with Crippen LogP contribution in [0.3, 0.4) is 0 Å². The third-order valence-corrected chi connectivity index (χ3v) is 4.49. The fraction of sp³-hybridized carbons (Fsp3) is 0.571. The standard InChI is InChI=1S/C14H22BrNO/c1-8(6-7-16)12-9(2)10(3)14(17-5)13(15)11(12)4/h8H,6-7,16H2,1-5H3. The van der Waals surface area contributed by atoms with Gasteiger partial charge in [0.15, 0.2) is 0 Å². The number of hydrogen-bond donors (Lipinski definition) is 1. The Morgan fingerprint density at radius 2 is 1.76 bits per heavy atom. The van der Waals surface area contributed by atoms with Gasteiger partial charge in [-0.1, -0.05) is 6.92 Å². The molecule has 1 atom stereocenters. The Bertz CT molecular complexity index is 386. The molecule has 0 saturated carbocycles. The van der Waals surface area contributed by atoms with E-state index in [1.165, 1.54) is 22.3 Å². The molecule has 96 valence electrons. The highest BCUT2D eigenvalue weighted by atomic mass is 79.9. The second-order valence-corrected chi connectivity index (χ2v) is 5.41. The van der Waals surface area contributed by atoms with Crippen molar-refractivity contribution in [2.45, 2.75) is 40.0 Å². The normalized spacial score (nSPS) is 12.6. The number of nitrogens with two attached hydrogens (primary N) is 1. The van der Waals surface area contributed by atoms with E-state index < -0.39 is 0 Å². The van der Waals surface area contributed by atoms with Gasteiger partial charge in [-0.2, -0.15) is 0 Å². The topological polar surface area (TPSA) is 35.2 Å². The van der Waals surface area contributed by atoms with Gasteiger partial charge in [-0.3, -0.25) is 0 Å². The molecule has 1 rings (SSSR count). The highest BCUT2D eigenvalue weighted by Crippen LogP contribution is 2.40. The van der Waals surface area contributed by atoms with E-state index in [0.717, 1.165) is 23.2 Å². The molecule has 0 saturated heterocycles. The van der Waals surface area contributed by atoms with Crippen LogP contribution in [0.15, 0.2) is 4.47 Å². The molecule has 2 nitrogen and oxygen atoms in total. The van der Waals surface area contributed by atoms with Crippen molar-refractivity contribution in [2.75, 3.05) is 13.7 Å². The van der Waals surface area contributed by atoms with E-state index in [4.69, 9.17) is 10.5 Å². The van der Waals surface area contributed by atoms with Crippen LogP contribution in [-0.2, 0) is 0 Å². The largest absolute Gasteiger partial charge is 0.495 e. The lowest BCUT2D eigenvalue weighted by atomic mass is 9.87. The summed E-state index contributed by atoms with van der Waals surface area (Å²) in [6.07, 6.45) is 1.01. The molecule has 0 aliphatic carbocycles. The van der Waals surface area contributed by atoms with Gasteiger partial charge in [0.05, 0.1) is 11.6 Å². The van der Waals surface area contributed by atoms with Crippen molar-refractivity contribution < 1.29 is 4.74 Å². The second-order valence-electron chi connectivity index (χ2n) is 4.61. The van der Waals surface area contributed by atoms with Crippen molar-refractivity contribution in [1.29, 1.82) is 0 Å². The number of rotatable bonds is 4. The zero-order valence-corrected chi connectivity index (χ0v) is 12.9. The number of benzene rings is 1. The van der Waals surface area contributed by atoms with Crippen molar-refractivity contribution in [2.24, 2.45) is 5.73 Å². The zero-order chi connectivity index (χ0) is 13.2. The van der Waals surface area contributed by atoms with Gasteiger partial charge >= 0.3 is 0 Å². The summed E-state index contributed by atoms with van der Waals surface area (Å²) >= 11 is 3.64. The van der Waals surface area contributed by atoms with Gasteiger partial charge < -0.3 is 10.5 Å². The van der Waals surface area contributed by atoms with Crippen LogP contribution >= 0.6 is 15.9 Å². The molecule has 1 aromatic rings. The summed E-state index contributed by atoms with van der Waals surface area (Å²) in [6, 6.07) is 0. The Balaban J connectivity index is 3.42. The molecule has 3 heteroatoms. The minimum atomic E-state index is 0.487. The fourth-order valence-electron chi connectivity index (χ4n) is 2.48. The van der Waals surface area contributed by atoms with Gasteiger partial charge in [-0.15, -0.1) is 0 Å². The molecule has 0 radical (unpaired) electrons. The lowest BCUT2D eigenvalue weighted by molar-refractivity contribution is 0.407. The monoisotopic (exact) mass is 299 g/mol. The number of halogens is 1. The molecule has 1 aromatic carbocycles. The van der Waals surface area contributed by atoms with Gasteiger partial charge in [0.25, 0.3) is 0 Å². The number of methoxy groups -OCH3 is 1. The third-order valence-electron chi connectivity index (χ3n) is 3.54. The Hall–Kier alpha value is -0.540. The van der Waals surface area contributed by atoms with Crippen LogP contribution < -0.4 is 10.5 Å². The molecule has 0 aromatic heterocycles.